The number of anilines is 1. The highest BCUT2D eigenvalue weighted by Crippen LogP contribution is 2.66. The fraction of sp³-hybridized carbons (Fsp3) is 0.600. The Labute approximate surface area is 157 Å². The molecular formula is C10H18N3O12P3. The first-order valence-corrected chi connectivity index (χ1v) is 12.0. The van der Waals surface area contributed by atoms with E-state index < -0.39 is 48.0 Å². The lowest BCUT2D eigenvalue weighted by atomic mass is 10.2. The Kier molecular flexibility index (Phi) is 7.35. The molecule has 1 aliphatic heterocycles. The molecule has 0 aliphatic carbocycles. The monoisotopic (exact) mass is 465 g/mol. The van der Waals surface area contributed by atoms with Crippen LogP contribution >= 0.6 is 23.5 Å². The number of phosphoric acid groups is 3. The second kappa shape index (κ2) is 8.82. The van der Waals surface area contributed by atoms with E-state index in [4.69, 9.17) is 25.2 Å². The maximum atomic E-state index is 11.7. The van der Waals surface area contributed by atoms with Gasteiger partial charge in [0.25, 0.3) is 0 Å². The van der Waals surface area contributed by atoms with Gasteiger partial charge in [0.05, 0.1) is 25.4 Å². The van der Waals surface area contributed by atoms with Crippen molar-refractivity contribution in [2.75, 3.05) is 12.3 Å². The molecule has 15 nitrogen and oxygen atoms in total. The minimum Gasteiger partial charge on any atom is -0.383 e. The van der Waals surface area contributed by atoms with Crippen LogP contribution in [0.15, 0.2) is 17.1 Å². The van der Waals surface area contributed by atoms with Crippen LogP contribution in [-0.4, -0.2) is 47.9 Å². The molecule has 1 saturated heterocycles. The molecule has 1 aromatic heterocycles. The first-order chi connectivity index (χ1) is 12.7. The van der Waals surface area contributed by atoms with E-state index in [1.165, 1.54) is 16.8 Å². The number of hydrogen-bond acceptors (Lipinski definition) is 10. The van der Waals surface area contributed by atoms with E-state index in [0.29, 0.717) is 12.8 Å². The Balaban J connectivity index is 1.85. The van der Waals surface area contributed by atoms with Crippen LogP contribution in [0.1, 0.15) is 12.8 Å². The molecule has 0 aromatic carbocycles. The molecule has 2 unspecified atom stereocenters. The number of nitrogens with two attached hydrogens (primary N) is 1. The number of nitrogens with zero attached hydrogens (tertiary/aromatic N) is 2. The summed E-state index contributed by atoms with van der Waals surface area (Å²) < 4.78 is 51.9. The van der Waals surface area contributed by atoms with Crippen molar-refractivity contribution in [2.24, 2.45) is 0 Å². The molecule has 6 N–H and O–H groups in total. The Bertz CT molecular complexity index is 899. The van der Waals surface area contributed by atoms with Crippen LogP contribution in [0.25, 0.3) is 0 Å². The standard InChI is InChI=1S/C10H18N3O12P3/c11-9-3-4-13(10(14)12-9)5-7-1-2-8(23-7)6-22-27(18,19)25-28(20,21)24-26(15,16)17/h3-4,7-8H,1-2,5-6H2,(H,18,19)(H,20,21)(H2,11,12,14)(H2,15,16,17)/t7-,8+/m1/s1. The molecule has 1 fully saturated rings. The molecule has 1 aliphatic rings. The minimum absolute atomic E-state index is 0.0717. The SMILES string of the molecule is Nc1ccn(C[C@H]2CC[C@@H](COP(=O)(O)OP(=O)(O)OP(=O)(O)O)O2)c(=O)n1. The smallest absolute Gasteiger partial charge is 0.383 e. The van der Waals surface area contributed by atoms with Crippen molar-refractivity contribution in [3.05, 3.63) is 22.7 Å². The topological polar surface area (TPSA) is 230 Å². The van der Waals surface area contributed by atoms with Crippen molar-refractivity contribution in [3.63, 3.8) is 0 Å². The normalized spacial score (nSPS) is 24.6. The Morgan fingerprint density at radius 2 is 1.79 bits per heavy atom. The van der Waals surface area contributed by atoms with Gasteiger partial charge in [0.2, 0.25) is 0 Å². The Morgan fingerprint density at radius 3 is 2.39 bits per heavy atom. The van der Waals surface area contributed by atoms with Crippen molar-refractivity contribution in [1.29, 1.82) is 0 Å². The number of phosphoric ester groups is 1. The van der Waals surface area contributed by atoms with Gasteiger partial charge in [-0.2, -0.15) is 13.6 Å². The van der Waals surface area contributed by atoms with Crippen LogP contribution in [0.3, 0.4) is 0 Å². The van der Waals surface area contributed by atoms with Gasteiger partial charge in [-0.15, -0.1) is 0 Å². The summed E-state index contributed by atoms with van der Waals surface area (Å²) in [5.74, 6) is 0.0717. The van der Waals surface area contributed by atoms with Crippen LogP contribution in [0.2, 0.25) is 0 Å². The molecule has 2 rings (SSSR count). The van der Waals surface area contributed by atoms with Gasteiger partial charge in [0.15, 0.2) is 0 Å². The van der Waals surface area contributed by atoms with E-state index >= 15 is 0 Å². The summed E-state index contributed by atoms with van der Waals surface area (Å²) in [6.45, 7) is -0.382. The van der Waals surface area contributed by atoms with Crippen LogP contribution in [0.4, 0.5) is 5.82 Å². The van der Waals surface area contributed by atoms with Gasteiger partial charge in [0, 0.05) is 6.20 Å². The van der Waals surface area contributed by atoms with Crippen molar-refractivity contribution in [2.45, 2.75) is 31.6 Å². The summed E-state index contributed by atoms with van der Waals surface area (Å²) in [5, 5.41) is 0. The lowest BCUT2D eigenvalue weighted by Gasteiger charge is -2.18. The second-order valence-electron chi connectivity index (χ2n) is 5.63. The maximum absolute atomic E-state index is 11.7. The third-order valence-electron chi connectivity index (χ3n) is 3.33. The Hall–Kier alpha value is -0.950. The number of hydrogen-bond donors (Lipinski definition) is 5. The highest BCUT2D eigenvalue weighted by molar-refractivity contribution is 7.66. The van der Waals surface area contributed by atoms with E-state index in [9.17, 15) is 23.4 Å². The summed E-state index contributed by atoms with van der Waals surface area (Å²) in [4.78, 5) is 50.6. The van der Waals surface area contributed by atoms with E-state index in [1.54, 1.807) is 0 Å². The van der Waals surface area contributed by atoms with Gasteiger partial charge in [-0.05, 0) is 18.9 Å². The Morgan fingerprint density at radius 1 is 1.14 bits per heavy atom. The third-order valence-corrected chi connectivity index (χ3v) is 7.13. The van der Waals surface area contributed by atoms with Gasteiger partial charge in [-0.25, -0.2) is 18.5 Å². The zero-order chi connectivity index (χ0) is 21.2. The second-order valence-corrected chi connectivity index (χ2v) is 10.1. The predicted molar refractivity (Wildman–Crippen MR) is 90.6 cm³/mol. The average molecular weight is 465 g/mol. The summed E-state index contributed by atoms with van der Waals surface area (Å²) in [6, 6.07) is 1.43. The fourth-order valence-electron chi connectivity index (χ4n) is 2.32. The van der Waals surface area contributed by atoms with Crippen LogP contribution < -0.4 is 11.4 Å². The molecule has 160 valence electrons. The maximum Gasteiger partial charge on any atom is 0.490 e. The van der Waals surface area contributed by atoms with Crippen molar-refractivity contribution in [1.82, 2.24) is 9.55 Å². The van der Waals surface area contributed by atoms with E-state index in [1.807, 2.05) is 0 Å². The molecule has 18 heteroatoms. The third kappa shape index (κ3) is 7.82. The van der Waals surface area contributed by atoms with Crippen molar-refractivity contribution < 1.29 is 51.2 Å². The molecule has 0 radical (unpaired) electrons. The number of ether oxygens (including phenoxy) is 1. The quantitative estimate of drug-likeness (QED) is 0.295. The van der Waals surface area contributed by atoms with Gasteiger partial charge in [-0.3, -0.25) is 9.09 Å². The van der Waals surface area contributed by atoms with Crippen LogP contribution in [0.5, 0.6) is 0 Å². The molecule has 4 atom stereocenters. The number of aromatic nitrogens is 2. The van der Waals surface area contributed by atoms with Gasteiger partial charge in [0.1, 0.15) is 5.82 Å². The van der Waals surface area contributed by atoms with Crippen LogP contribution in [0, 0.1) is 0 Å². The lowest BCUT2D eigenvalue weighted by molar-refractivity contribution is 0.00386. The van der Waals surface area contributed by atoms with Gasteiger partial charge in [-0.1, -0.05) is 0 Å². The molecule has 28 heavy (non-hydrogen) atoms. The van der Waals surface area contributed by atoms with Gasteiger partial charge < -0.3 is 30.0 Å². The first kappa shape index (κ1) is 23.3. The molecule has 2 heterocycles. The van der Waals surface area contributed by atoms with E-state index in [0.717, 1.165) is 0 Å². The van der Waals surface area contributed by atoms with E-state index in [2.05, 4.69) is 18.1 Å². The van der Waals surface area contributed by atoms with Gasteiger partial charge >= 0.3 is 29.2 Å². The molecule has 0 saturated carbocycles. The fourth-order valence-corrected chi connectivity index (χ4v) is 5.37. The lowest BCUT2D eigenvalue weighted by Crippen LogP contribution is -2.29. The summed E-state index contributed by atoms with van der Waals surface area (Å²) in [7, 11) is -16.2. The minimum atomic E-state index is -5.56. The molecule has 0 bridgehead atoms. The average Bonchev–Trinajstić information content (AvgIpc) is 2.92. The largest absolute Gasteiger partial charge is 0.490 e. The summed E-state index contributed by atoms with van der Waals surface area (Å²) in [6.07, 6.45) is 1.15. The van der Waals surface area contributed by atoms with E-state index in [-0.39, 0.29) is 12.4 Å². The summed E-state index contributed by atoms with van der Waals surface area (Å²) in [5.41, 5.74) is 4.82. The number of rotatable bonds is 9. The predicted octanol–water partition coefficient (Wildman–Crippen LogP) is -0.284. The summed E-state index contributed by atoms with van der Waals surface area (Å²) >= 11 is 0. The zero-order valence-electron chi connectivity index (χ0n) is 14.0. The molecule has 1 aromatic rings. The highest BCUT2D eigenvalue weighted by Gasteiger charge is 2.41. The molecule has 0 spiro atoms. The van der Waals surface area contributed by atoms with Crippen molar-refractivity contribution in [3.8, 4) is 0 Å². The van der Waals surface area contributed by atoms with Crippen molar-refractivity contribution >= 4 is 29.3 Å². The first-order valence-electron chi connectivity index (χ1n) is 7.51. The van der Waals surface area contributed by atoms with Crippen LogP contribution in [-0.2, 0) is 38.1 Å². The molecule has 0 amide bonds. The highest BCUT2D eigenvalue weighted by atomic mass is 31.3. The number of nitrogen functional groups attached to an aromatic ring is 1. The zero-order valence-corrected chi connectivity index (χ0v) is 16.7. The molecular weight excluding hydrogens is 447 g/mol.